The molecule has 0 saturated carbocycles. The van der Waals surface area contributed by atoms with E-state index in [-0.39, 0.29) is 5.82 Å². The molecular formula is C14H15FN2. The normalized spacial score (nSPS) is 10.2. The molecule has 3 heteroatoms. The van der Waals surface area contributed by atoms with Crippen LogP contribution in [-0.4, -0.2) is 0 Å². The van der Waals surface area contributed by atoms with Crippen molar-refractivity contribution in [3.63, 3.8) is 0 Å². The number of hydrogen-bond donors (Lipinski definition) is 2. The fourth-order valence-electron chi connectivity index (χ4n) is 1.73. The summed E-state index contributed by atoms with van der Waals surface area (Å²) in [4.78, 5) is 0. The van der Waals surface area contributed by atoms with Gasteiger partial charge in [0.25, 0.3) is 0 Å². The van der Waals surface area contributed by atoms with Crippen LogP contribution in [-0.2, 0) is 6.42 Å². The molecule has 0 fully saturated rings. The predicted molar refractivity (Wildman–Crippen MR) is 69.9 cm³/mol. The molecule has 2 aromatic carbocycles. The smallest absolute Gasteiger partial charge is 0.125 e. The van der Waals surface area contributed by atoms with E-state index in [0.717, 1.165) is 12.1 Å². The Kier molecular flexibility index (Phi) is 3.28. The highest BCUT2D eigenvalue weighted by molar-refractivity contribution is 5.73. The lowest BCUT2D eigenvalue weighted by atomic mass is 10.1. The third kappa shape index (κ3) is 2.56. The van der Waals surface area contributed by atoms with Crippen LogP contribution < -0.4 is 11.1 Å². The molecule has 0 aliphatic rings. The fourth-order valence-corrected chi connectivity index (χ4v) is 1.73. The van der Waals surface area contributed by atoms with E-state index in [1.807, 2.05) is 24.3 Å². The molecule has 0 spiro atoms. The number of nitrogens with one attached hydrogen (secondary N) is 1. The van der Waals surface area contributed by atoms with Crippen molar-refractivity contribution in [1.29, 1.82) is 0 Å². The zero-order valence-electron chi connectivity index (χ0n) is 9.70. The van der Waals surface area contributed by atoms with Gasteiger partial charge >= 0.3 is 0 Å². The van der Waals surface area contributed by atoms with Crippen LogP contribution in [0.15, 0.2) is 42.5 Å². The van der Waals surface area contributed by atoms with Crippen molar-refractivity contribution < 1.29 is 4.39 Å². The van der Waals surface area contributed by atoms with Gasteiger partial charge in [0.15, 0.2) is 0 Å². The second-order valence-corrected chi connectivity index (χ2v) is 3.87. The van der Waals surface area contributed by atoms with E-state index >= 15 is 0 Å². The summed E-state index contributed by atoms with van der Waals surface area (Å²) in [6.45, 7) is 2.08. The molecule has 88 valence electrons. The maximum Gasteiger partial charge on any atom is 0.125 e. The Hall–Kier alpha value is -2.03. The van der Waals surface area contributed by atoms with E-state index in [1.54, 1.807) is 6.07 Å². The van der Waals surface area contributed by atoms with E-state index < -0.39 is 0 Å². The van der Waals surface area contributed by atoms with Crippen molar-refractivity contribution in [3.05, 3.63) is 53.8 Å². The standard InChI is InChI=1S/C14H15FN2/c1-2-10-5-3-4-6-13(10)17-14-9-11(15)7-8-12(14)16/h3-9,17H,2,16H2,1H3. The van der Waals surface area contributed by atoms with Crippen molar-refractivity contribution in [2.45, 2.75) is 13.3 Å². The molecular weight excluding hydrogens is 215 g/mol. The molecule has 2 nitrogen and oxygen atoms in total. The highest BCUT2D eigenvalue weighted by Gasteiger charge is 2.04. The molecule has 0 aliphatic carbocycles. The Balaban J connectivity index is 2.34. The Morgan fingerprint density at radius 1 is 1.12 bits per heavy atom. The Labute approximate surface area is 100 Å². The van der Waals surface area contributed by atoms with Gasteiger partial charge in [0, 0.05) is 5.69 Å². The maximum atomic E-state index is 13.1. The van der Waals surface area contributed by atoms with Crippen LogP contribution in [0.2, 0.25) is 0 Å². The van der Waals surface area contributed by atoms with Crippen LogP contribution in [0.5, 0.6) is 0 Å². The topological polar surface area (TPSA) is 38.0 Å². The number of benzene rings is 2. The first-order valence-corrected chi connectivity index (χ1v) is 5.60. The number of hydrogen-bond acceptors (Lipinski definition) is 2. The molecule has 0 amide bonds. The second-order valence-electron chi connectivity index (χ2n) is 3.87. The van der Waals surface area contributed by atoms with Gasteiger partial charge in [-0.15, -0.1) is 0 Å². The van der Waals surface area contributed by atoms with Crippen molar-refractivity contribution in [3.8, 4) is 0 Å². The van der Waals surface area contributed by atoms with Gasteiger partial charge in [-0.3, -0.25) is 0 Å². The minimum Gasteiger partial charge on any atom is -0.397 e. The number of rotatable bonds is 3. The van der Waals surface area contributed by atoms with Crippen LogP contribution in [0, 0.1) is 5.82 Å². The summed E-state index contributed by atoms with van der Waals surface area (Å²) in [5.41, 5.74) is 9.08. The lowest BCUT2D eigenvalue weighted by Crippen LogP contribution is -1.99. The minimum atomic E-state index is -0.296. The summed E-state index contributed by atoms with van der Waals surface area (Å²) in [6, 6.07) is 12.2. The summed E-state index contributed by atoms with van der Waals surface area (Å²) >= 11 is 0. The molecule has 0 saturated heterocycles. The molecule has 17 heavy (non-hydrogen) atoms. The fraction of sp³-hybridized carbons (Fsp3) is 0.143. The van der Waals surface area contributed by atoms with Crippen LogP contribution in [0.3, 0.4) is 0 Å². The summed E-state index contributed by atoms with van der Waals surface area (Å²) in [5.74, 6) is -0.296. The number of aryl methyl sites for hydroxylation is 1. The number of nitrogens with two attached hydrogens (primary N) is 1. The summed E-state index contributed by atoms with van der Waals surface area (Å²) in [6.07, 6.45) is 0.915. The van der Waals surface area contributed by atoms with Crippen molar-refractivity contribution in [2.75, 3.05) is 11.1 Å². The molecule has 0 heterocycles. The van der Waals surface area contributed by atoms with Crippen molar-refractivity contribution in [1.82, 2.24) is 0 Å². The largest absolute Gasteiger partial charge is 0.397 e. The zero-order chi connectivity index (χ0) is 12.3. The molecule has 3 N–H and O–H groups in total. The summed E-state index contributed by atoms with van der Waals surface area (Å²) in [5, 5.41) is 3.17. The Morgan fingerprint density at radius 3 is 2.65 bits per heavy atom. The van der Waals surface area contributed by atoms with Gasteiger partial charge in [-0.1, -0.05) is 25.1 Å². The molecule has 0 aromatic heterocycles. The van der Waals surface area contributed by atoms with Crippen LogP contribution >= 0.6 is 0 Å². The lowest BCUT2D eigenvalue weighted by molar-refractivity contribution is 0.628. The second kappa shape index (κ2) is 4.87. The van der Waals surface area contributed by atoms with Crippen LogP contribution in [0.4, 0.5) is 21.5 Å². The molecule has 0 unspecified atom stereocenters. The molecule has 0 aliphatic heterocycles. The third-order valence-electron chi connectivity index (χ3n) is 2.68. The summed E-state index contributed by atoms with van der Waals surface area (Å²) in [7, 11) is 0. The number of anilines is 3. The van der Waals surface area contributed by atoms with Gasteiger partial charge in [0.1, 0.15) is 5.82 Å². The average molecular weight is 230 g/mol. The van der Waals surface area contributed by atoms with Gasteiger partial charge in [-0.2, -0.15) is 0 Å². The molecule has 0 bridgehead atoms. The van der Waals surface area contributed by atoms with E-state index in [0.29, 0.717) is 11.4 Å². The van der Waals surface area contributed by atoms with Gasteiger partial charge < -0.3 is 11.1 Å². The number of halogens is 1. The highest BCUT2D eigenvalue weighted by Crippen LogP contribution is 2.26. The van der Waals surface area contributed by atoms with E-state index in [4.69, 9.17) is 5.73 Å². The van der Waals surface area contributed by atoms with Gasteiger partial charge in [0.2, 0.25) is 0 Å². The third-order valence-corrected chi connectivity index (χ3v) is 2.68. The number of nitrogen functional groups attached to an aromatic ring is 1. The quantitative estimate of drug-likeness (QED) is 0.789. The number of para-hydroxylation sites is 1. The van der Waals surface area contributed by atoms with Gasteiger partial charge in [0.05, 0.1) is 11.4 Å². The molecule has 0 radical (unpaired) electrons. The predicted octanol–water partition coefficient (Wildman–Crippen LogP) is 3.71. The van der Waals surface area contributed by atoms with E-state index in [9.17, 15) is 4.39 Å². The monoisotopic (exact) mass is 230 g/mol. The minimum absolute atomic E-state index is 0.296. The first-order chi connectivity index (χ1) is 8.20. The average Bonchev–Trinajstić information content (AvgIpc) is 2.34. The van der Waals surface area contributed by atoms with Gasteiger partial charge in [-0.25, -0.2) is 4.39 Å². The first kappa shape index (κ1) is 11.5. The van der Waals surface area contributed by atoms with E-state index in [1.165, 1.54) is 17.7 Å². The summed E-state index contributed by atoms with van der Waals surface area (Å²) < 4.78 is 13.1. The lowest BCUT2D eigenvalue weighted by Gasteiger charge is -2.12. The molecule has 2 rings (SSSR count). The van der Waals surface area contributed by atoms with E-state index in [2.05, 4.69) is 12.2 Å². The van der Waals surface area contributed by atoms with Crippen LogP contribution in [0.25, 0.3) is 0 Å². The van der Waals surface area contributed by atoms with Crippen molar-refractivity contribution in [2.24, 2.45) is 0 Å². The van der Waals surface area contributed by atoms with Crippen molar-refractivity contribution >= 4 is 17.1 Å². The first-order valence-electron chi connectivity index (χ1n) is 5.60. The highest BCUT2D eigenvalue weighted by atomic mass is 19.1. The Morgan fingerprint density at radius 2 is 1.88 bits per heavy atom. The SMILES string of the molecule is CCc1ccccc1Nc1cc(F)ccc1N. The maximum absolute atomic E-state index is 13.1. The van der Waals surface area contributed by atoms with Crippen LogP contribution in [0.1, 0.15) is 12.5 Å². The molecule has 0 atom stereocenters. The Bertz CT molecular complexity index is 523. The molecule has 2 aromatic rings. The zero-order valence-corrected chi connectivity index (χ0v) is 9.70. The van der Waals surface area contributed by atoms with Gasteiger partial charge in [-0.05, 0) is 36.2 Å².